The van der Waals surface area contributed by atoms with E-state index in [1.165, 1.54) is 10.2 Å². The molecule has 3 rings (SSSR count). The van der Waals surface area contributed by atoms with Crippen molar-refractivity contribution >= 4 is 26.9 Å². The molecule has 0 aliphatic carbocycles. The average molecular weight is 341 g/mol. The third-order valence-corrected chi connectivity index (χ3v) is 5.34. The van der Waals surface area contributed by atoms with Crippen LogP contribution in [-0.2, 0) is 21.2 Å². The second-order valence-electron chi connectivity index (χ2n) is 5.27. The van der Waals surface area contributed by atoms with E-state index in [1.54, 1.807) is 54.6 Å². The number of carbonyl (C=O) groups is 1. The molecule has 5 nitrogen and oxygen atoms in total. The van der Waals surface area contributed by atoms with Crippen LogP contribution in [0.15, 0.2) is 77.8 Å². The summed E-state index contributed by atoms with van der Waals surface area (Å²) in [5, 5.41) is 9.40. The Balaban J connectivity index is 1.99. The number of carboxylic acids is 1. The van der Waals surface area contributed by atoms with Crippen molar-refractivity contribution in [3.8, 4) is 0 Å². The van der Waals surface area contributed by atoms with Crippen molar-refractivity contribution in [3.05, 3.63) is 78.5 Å². The molecule has 122 valence electrons. The number of fused-ring (bicyclic) bond motifs is 1. The van der Waals surface area contributed by atoms with Gasteiger partial charge in [0.25, 0.3) is 10.0 Å². The molecule has 0 bridgehead atoms. The second-order valence-corrected chi connectivity index (χ2v) is 7.08. The highest BCUT2D eigenvalue weighted by atomic mass is 32.2. The van der Waals surface area contributed by atoms with Crippen molar-refractivity contribution < 1.29 is 18.3 Å². The maximum absolute atomic E-state index is 12.7. The number of nitrogens with zero attached hydrogens (tertiary/aromatic N) is 1. The highest BCUT2D eigenvalue weighted by Crippen LogP contribution is 2.23. The molecule has 0 unspecified atom stereocenters. The lowest BCUT2D eigenvalue weighted by Crippen LogP contribution is -2.11. The van der Waals surface area contributed by atoms with Crippen molar-refractivity contribution in [1.29, 1.82) is 0 Å². The molecule has 3 aromatic rings. The first kappa shape index (κ1) is 16.0. The number of allylic oxidation sites excluding steroid dienone is 1. The Hall–Kier alpha value is -2.86. The van der Waals surface area contributed by atoms with Crippen molar-refractivity contribution in [1.82, 2.24) is 3.97 Å². The van der Waals surface area contributed by atoms with Gasteiger partial charge in [-0.25, -0.2) is 17.2 Å². The Morgan fingerprint density at radius 1 is 1.08 bits per heavy atom. The molecular formula is C18H15NO4S. The van der Waals surface area contributed by atoms with E-state index in [4.69, 9.17) is 5.11 Å². The number of rotatable bonds is 5. The van der Waals surface area contributed by atoms with Gasteiger partial charge in [-0.1, -0.05) is 30.3 Å². The van der Waals surface area contributed by atoms with Crippen molar-refractivity contribution in [2.24, 2.45) is 0 Å². The van der Waals surface area contributed by atoms with Crippen LogP contribution in [0.25, 0.3) is 10.9 Å². The second kappa shape index (κ2) is 6.33. The van der Waals surface area contributed by atoms with Gasteiger partial charge in [0, 0.05) is 17.7 Å². The molecule has 24 heavy (non-hydrogen) atoms. The molecule has 2 aromatic carbocycles. The van der Waals surface area contributed by atoms with E-state index < -0.39 is 16.0 Å². The fourth-order valence-electron chi connectivity index (χ4n) is 2.50. The molecule has 0 aliphatic rings. The molecular weight excluding hydrogens is 326 g/mol. The Labute approximate surface area is 139 Å². The summed E-state index contributed by atoms with van der Waals surface area (Å²) in [5.41, 5.74) is 1.50. The predicted octanol–water partition coefficient (Wildman–Crippen LogP) is 3.06. The summed E-state index contributed by atoms with van der Waals surface area (Å²) in [6.45, 7) is 0. The smallest absolute Gasteiger partial charge is 0.327 e. The molecule has 0 saturated carbocycles. The lowest BCUT2D eigenvalue weighted by atomic mass is 10.1. The molecule has 0 radical (unpaired) electrons. The maximum Gasteiger partial charge on any atom is 0.327 e. The van der Waals surface area contributed by atoms with Gasteiger partial charge in [0.2, 0.25) is 0 Å². The van der Waals surface area contributed by atoms with E-state index in [-0.39, 0.29) is 4.90 Å². The summed E-state index contributed by atoms with van der Waals surface area (Å²) in [6, 6.07) is 15.4. The first-order chi connectivity index (χ1) is 11.5. The summed E-state index contributed by atoms with van der Waals surface area (Å²) in [6.07, 6.45) is 4.65. The first-order valence-corrected chi connectivity index (χ1v) is 8.72. The van der Waals surface area contributed by atoms with Crippen LogP contribution in [-0.4, -0.2) is 23.5 Å². The normalized spacial score (nSPS) is 12.0. The molecule has 0 aliphatic heterocycles. The predicted molar refractivity (Wildman–Crippen MR) is 91.4 cm³/mol. The van der Waals surface area contributed by atoms with Crippen LogP contribution < -0.4 is 0 Å². The van der Waals surface area contributed by atoms with Crippen LogP contribution in [0, 0.1) is 0 Å². The third-order valence-electron chi connectivity index (χ3n) is 3.63. The lowest BCUT2D eigenvalue weighted by Gasteiger charge is -2.07. The van der Waals surface area contributed by atoms with Gasteiger partial charge in [-0.2, -0.15) is 0 Å². The minimum Gasteiger partial charge on any atom is -0.478 e. The number of hydrogen-bond acceptors (Lipinski definition) is 3. The van der Waals surface area contributed by atoms with E-state index >= 15 is 0 Å². The van der Waals surface area contributed by atoms with Crippen molar-refractivity contribution in [2.75, 3.05) is 0 Å². The van der Waals surface area contributed by atoms with E-state index in [0.29, 0.717) is 11.9 Å². The van der Waals surface area contributed by atoms with Crippen LogP contribution in [0.3, 0.4) is 0 Å². The van der Waals surface area contributed by atoms with Crippen LogP contribution in [0.5, 0.6) is 0 Å². The average Bonchev–Trinajstić information content (AvgIpc) is 2.99. The molecule has 1 N–H and O–H groups in total. The Morgan fingerprint density at radius 3 is 2.54 bits per heavy atom. The number of carboxylic acid groups (broad SMARTS) is 1. The summed E-state index contributed by atoms with van der Waals surface area (Å²) < 4.78 is 26.7. The molecule has 0 atom stereocenters. The van der Waals surface area contributed by atoms with Gasteiger partial charge in [0.05, 0.1) is 10.4 Å². The largest absolute Gasteiger partial charge is 0.478 e. The van der Waals surface area contributed by atoms with Gasteiger partial charge in [0.15, 0.2) is 0 Å². The lowest BCUT2D eigenvalue weighted by molar-refractivity contribution is -0.131. The summed E-state index contributed by atoms with van der Waals surface area (Å²) in [7, 11) is -3.64. The standard InChI is InChI=1S/C18H15NO4S/c20-18(21)8-4-5-14-9-10-17-15(13-14)11-12-19(17)24(22,23)16-6-2-1-3-7-16/h1-4,6-13H,5H2,(H,20,21). The molecule has 1 heterocycles. The van der Waals surface area contributed by atoms with E-state index in [1.807, 2.05) is 6.07 Å². The van der Waals surface area contributed by atoms with Crippen LogP contribution in [0.2, 0.25) is 0 Å². The van der Waals surface area contributed by atoms with E-state index in [0.717, 1.165) is 17.0 Å². The van der Waals surface area contributed by atoms with Gasteiger partial charge in [-0.05, 0) is 42.3 Å². The monoisotopic (exact) mass is 341 g/mol. The van der Waals surface area contributed by atoms with Gasteiger partial charge in [0.1, 0.15) is 0 Å². The fourth-order valence-corrected chi connectivity index (χ4v) is 3.88. The number of hydrogen-bond donors (Lipinski definition) is 1. The molecule has 1 aromatic heterocycles. The van der Waals surface area contributed by atoms with Crippen LogP contribution in [0.1, 0.15) is 5.56 Å². The number of aliphatic carboxylic acids is 1. The van der Waals surface area contributed by atoms with E-state index in [2.05, 4.69) is 0 Å². The summed E-state index contributed by atoms with van der Waals surface area (Å²) in [5.74, 6) is -0.990. The summed E-state index contributed by atoms with van der Waals surface area (Å²) >= 11 is 0. The van der Waals surface area contributed by atoms with Crippen molar-refractivity contribution in [3.63, 3.8) is 0 Å². The Kier molecular flexibility index (Phi) is 4.22. The molecule has 0 spiro atoms. The molecule has 0 saturated heterocycles. The van der Waals surface area contributed by atoms with Gasteiger partial charge >= 0.3 is 5.97 Å². The molecule has 0 amide bonds. The quantitative estimate of drug-likeness (QED) is 0.724. The van der Waals surface area contributed by atoms with Crippen LogP contribution >= 0.6 is 0 Å². The molecule has 6 heteroatoms. The third kappa shape index (κ3) is 3.09. The van der Waals surface area contributed by atoms with Gasteiger partial charge < -0.3 is 5.11 Å². The molecule has 0 fully saturated rings. The first-order valence-electron chi connectivity index (χ1n) is 7.28. The maximum atomic E-state index is 12.7. The topological polar surface area (TPSA) is 76.4 Å². The Bertz CT molecular complexity index is 1020. The minimum absolute atomic E-state index is 0.232. The van der Waals surface area contributed by atoms with E-state index in [9.17, 15) is 13.2 Å². The number of aromatic nitrogens is 1. The zero-order valence-electron chi connectivity index (χ0n) is 12.7. The number of benzene rings is 2. The SMILES string of the molecule is O=C(O)C=CCc1ccc2c(ccn2S(=O)(=O)c2ccccc2)c1. The zero-order chi connectivity index (χ0) is 17.2. The van der Waals surface area contributed by atoms with Gasteiger partial charge in [-0.3, -0.25) is 0 Å². The van der Waals surface area contributed by atoms with Crippen molar-refractivity contribution in [2.45, 2.75) is 11.3 Å². The highest BCUT2D eigenvalue weighted by molar-refractivity contribution is 7.90. The zero-order valence-corrected chi connectivity index (χ0v) is 13.5. The fraction of sp³-hybridized carbons (Fsp3) is 0.0556. The minimum atomic E-state index is -3.64. The summed E-state index contributed by atoms with van der Waals surface area (Å²) in [4.78, 5) is 10.7. The highest BCUT2D eigenvalue weighted by Gasteiger charge is 2.18. The van der Waals surface area contributed by atoms with Gasteiger partial charge in [-0.15, -0.1) is 0 Å². The Morgan fingerprint density at radius 2 is 1.83 bits per heavy atom. The van der Waals surface area contributed by atoms with Crippen LogP contribution in [0.4, 0.5) is 0 Å².